The van der Waals surface area contributed by atoms with E-state index in [0.717, 1.165) is 11.8 Å². The molecule has 0 aliphatic heterocycles. The van der Waals surface area contributed by atoms with Crippen LogP contribution in [-0.2, 0) is 4.79 Å². The van der Waals surface area contributed by atoms with E-state index < -0.39 is 5.63 Å². The first-order valence-electron chi connectivity index (χ1n) is 9.62. The van der Waals surface area contributed by atoms with Crippen LogP contribution < -0.4 is 25.2 Å². The van der Waals surface area contributed by atoms with E-state index >= 15 is 0 Å². The molecule has 2 aromatic carbocycles. The Morgan fingerprint density at radius 3 is 2.47 bits per heavy atom. The van der Waals surface area contributed by atoms with Crippen molar-refractivity contribution in [2.45, 2.75) is 4.90 Å². The second kappa shape index (κ2) is 10.6. The average molecular weight is 458 g/mol. The Morgan fingerprint density at radius 1 is 1.12 bits per heavy atom. The summed E-state index contributed by atoms with van der Waals surface area (Å²) in [5.74, 6) is 1.38. The normalized spacial score (nSPS) is 11.0. The standard InChI is InChI=1S/C23H23NO7S/c1-28-17-12-14(13-18(29-2)21(17)30-3)8-9-19(25)24-10-11-32-22-20(26)15-6-4-5-7-16(15)31-23(22)27/h4-9,12-13,26H,10-11H2,1-3H3,(H,24,25)/b9-8+. The van der Waals surface area contributed by atoms with E-state index in [0.29, 0.717) is 39.5 Å². The minimum Gasteiger partial charge on any atom is -0.506 e. The zero-order valence-electron chi connectivity index (χ0n) is 17.8. The van der Waals surface area contributed by atoms with Gasteiger partial charge in [0.05, 0.1) is 26.7 Å². The predicted molar refractivity (Wildman–Crippen MR) is 123 cm³/mol. The van der Waals surface area contributed by atoms with Crippen LogP contribution in [-0.4, -0.2) is 44.6 Å². The lowest BCUT2D eigenvalue weighted by atomic mass is 10.1. The fourth-order valence-electron chi connectivity index (χ4n) is 3.00. The fourth-order valence-corrected chi connectivity index (χ4v) is 3.81. The lowest BCUT2D eigenvalue weighted by Crippen LogP contribution is -2.23. The summed E-state index contributed by atoms with van der Waals surface area (Å²) in [4.78, 5) is 24.4. The number of carbonyl (C=O) groups is 1. The zero-order chi connectivity index (χ0) is 23.1. The topological polar surface area (TPSA) is 107 Å². The Bertz CT molecular complexity index is 1180. The minimum absolute atomic E-state index is 0.115. The van der Waals surface area contributed by atoms with E-state index in [4.69, 9.17) is 18.6 Å². The molecule has 0 saturated heterocycles. The third-order valence-corrected chi connectivity index (χ3v) is 5.56. The molecule has 0 saturated carbocycles. The molecule has 1 amide bonds. The third kappa shape index (κ3) is 5.17. The highest BCUT2D eigenvalue weighted by Crippen LogP contribution is 2.38. The Kier molecular flexibility index (Phi) is 7.67. The number of carbonyl (C=O) groups excluding carboxylic acids is 1. The summed E-state index contributed by atoms with van der Waals surface area (Å²) >= 11 is 1.12. The molecule has 3 aromatic rings. The first-order chi connectivity index (χ1) is 15.5. The molecule has 1 heterocycles. The summed E-state index contributed by atoms with van der Waals surface area (Å²) < 4.78 is 21.1. The molecule has 0 aliphatic rings. The van der Waals surface area contributed by atoms with Gasteiger partial charge in [0.15, 0.2) is 11.5 Å². The summed E-state index contributed by atoms with van der Waals surface area (Å²) in [6.45, 7) is 0.287. The molecular formula is C23H23NO7S. The number of methoxy groups -OCH3 is 3. The molecule has 0 aliphatic carbocycles. The van der Waals surface area contributed by atoms with Crippen LogP contribution in [0.25, 0.3) is 17.0 Å². The van der Waals surface area contributed by atoms with E-state index in [-0.39, 0.29) is 23.1 Å². The Balaban J connectivity index is 1.59. The highest BCUT2D eigenvalue weighted by Gasteiger charge is 2.14. The monoisotopic (exact) mass is 457 g/mol. The fraction of sp³-hybridized carbons (Fsp3) is 0.217. The Morgan fingerprint density at radius 2 is 1.81 bits per heavy atom. The van der Waals surface area contributed by atoms with Crippen LogP contribution in [0, 0.1) is 0 Å². The van der Waals surface area contributed by atoms with Gasteiger partial charge in [-0.3, -0.25) is 4.79 Å². The number of thioether (sulfide) groups is 1. The van der Waals surface area contributed by atoms with E-state index in [1.165, 1.54) is 27.4 Å². The van der Waals surface area contributed by atoms with Crippen molar-refractivity contribution in [3.63, 3.8) is 0 Å². The van der Waals surface area contributed by atoms with E-state index in [2.05, 4.69) is 5.32 Å². The molecule has 2 N–H and O–H groups in total. The molecule has 0 radical (unpaired) electrons. The largest absolute Gasteiger partial charge is 0.506 e. The zero-order valence-corrected chi connectivity index (χ0v) is 18.7. The Labute approximate surface area is 188 Å². The van der Waals surface area contributed by atoms with E-state index in [9.17, 15) is 14.7 Å². The SMILES string of the molecule is COc1cc(/C=C/C(=O)NCCSc2c(O)c3ccccc3oc2=O)cc(OC)c1OC. The summed E-state index contributed by atoms with van der Waals surface area (Å²) in [5.41, 5.74) is 0.409. The van der Waals surface area contributed by atoms with Gasteiger partial charge < -0.3 is 29.1 Å². The molecule has 1 aromatic heterocycles. The molecule has 0 spiro atoms. The molecule has 8 nitrogen and oxygen atoms in total. The van der Waals surface area contributed by atoms with Crippen LogP contribution in [0.3, 0.4) is 0 Å². The molecule has 168 valence electrons. The number of para-hydroxylation sites is 1. The van der Waals surface area contributed by atoms with Crippen LogP contribution in [0.15, 0.2) is 56.6 Å². The van der Waals surface area contributed by atoms with Crippen molar-refractivity contribution in [3.05, 3.63) is 58.5 Å². The number of nitrogens with one attached hydrogen (secondary N) is 1. The van der Waals surface area contributed by atoms with Crippen molar-refractivity contribution in [1.82, 2.24) is 5.32 Å². The molecule has 0 atom stereocenters. The van der Waals surface area contributed by atoms with Gasteiger partial charge in [0.1, 0.15) is 16.2 Å². The molecule has 9 heteroatoms. The molecule has 0 bridgehead atoms. The lowest BCUT2D eigenvalue weighted by Gasteiger charge is -2.12. The third-order valence-electron chi connectivity index (χ3n) is 4.51. The average Bonchev–Trinajstić information content (AvgIpc) is 2.81. The van der Waals surface area contributed by atoms with Crippen molar-refractivity contribution in [1.29, 1.82) is 0 Å². The summed E-state index contributed by atoms with van der Waals surface area (Å²) in [6.07, 6.45) is 3.00. The quantitative estimate of drug-likeness (QED) is 0.218. The van der Waals surface area contributed by atoms with Gasteiger partial charge in [-0.05, 0) is 35.9 Å². The van der Waals surface area contributed by atoms with Crippen LogP contribution in [0.2, 0.25) is 0 Å². The number of aromatic hydroxyl groups is 1. The van der Waals surface area contributed by atoms with Crippen LogP contribution in [0.5, 0.6) is 23.0 Å². The molecular weight excluding hydrogens is 434 g/mol. The van der Waals surface area contributed by atoms with Crippen LogP contribution in [0.4, 0.5) is 0 Å². The number of benzene rings is 2. The predicted octanol–water partition coefficient (Wildman–Crippen LogP) is 3.45. The van der Waals surface area contributed by atoms with Gasteiger partial charge in [0.2, 0.25) is 11.7 Å². The van der Waals surface area contributed by atoms with Gasteiger partial charge in [0, 0.05) is 18.4 Å². The first kappa shape index (κ1) is 23.1. The van der Waals surface area contributed by atoms with Crippen molar-refractivity contribution in [2.24, 2.45) is 0 Å². The smallest absolute Gasteiger partial charge is 0.353 e. The molecule has 0 unspecified atom stereocenters. The number of ether oxygens (including phenoxy) is 3. The Hall–Kier alpha value is -3.59. The van der Waals surface area contributed by atoms with E-state index in [1.54, 1.807) is 42.5 Å². The number of hydrogen-bond donors (Lipinski definition) is 2. The highest BCUT2D eigenvalue weighted by atomic mass is 32.2. The highest BCUT2D eigenvalue weighted by molar-refractivity contribution is 7.99. The van der Waals surface area contributed by atoms with Crippen LogP contribution >= 0.6 is 11.8 Å². The minimum atomic E-state index is -0.611. The molecule has 3 rings (SSSR count). The molecule has 32 heavy (non-hydrogen) atoms. The van der Waals surface area contributed by atoms with E-state index in [1.807, 2.05) is 0 Å². The maximum Gasteiger partial charge on any atom is 0.353 e. The van der Waals surface area contributed by atoms with Crippen molar-refractivity contribution >= 4 is 34.7 Å². The number of hydrogen-bond acceptors (Lipinski definition) is 8. The first-order valence-corrected chi connectivity index (χ1v) is 10.6. The van der Waals surface area contributed by atoms with Crippen molar-refractivity contribution in [3.8, 4) is 23.0 Å². The van der Waals surface area contributed by atoms with Crippen molar-refractivity contribution < 1.29 is 28.5 Å². The van der Waals surface area contributed by atoms with Crippen LogP contribution in [0.1, 0.15) is 5.56 Å². The number of fused-ring (bicyclic) bond motifs is 1. The second-order valence-corrected chi connectivity index (χ2v) is 7.60. The number of rotatable bonds is 9. The van der Waals surface area contributed by atoms with Gasteiger partial charge >= 0.3 is 5.63 Å². The van der Waals surface area contributed by atoms with Gasteiger partial charge in [-0.25, -0.2) is 4.79 Å². The van der Waals surface area contributed by atoms with Gasteiger partial charge in [-0.1, -0.05) is 12.1 Å². The van der Waals surface area contributed by atoms with Crippen molar-refractivity contribution in [2.75, 3.05) is 33.6 Å². The van der Waals surface area contributed by atoms with Gasteiger partial charge in [-0.15, -0.1) is 11.8 Å². The molecule has 0 fully saturated rings. The maximum atomic E-state index is 12.1. The number of amides is 1. The maximum absolute atomic E-state index is 12.1. The summed E-state index contributed by atoms with van der Waals surface area (Å²) in [7, 11) is 4.55. The van der Waals surface area contributed by atoms with Gasteiger partial charge in [-0.2, -0.15) is 0 Å². The summed E-state index contributed by atoms with van der Waals surface area (Å²) in [5, 5.41) is 13.6. The van der Waals surface area contributed by atoms with Gasteiger partial charge in [0.25, 0.3) is 0 Å². The second-order valence-electron chi connectivity index (χ2n) is 6.49. The summed E-state index contributed by atoms with van der Waals surface area (Å²) in [6, 6.07) is 10.2. The lowest BCUT2D eigenvalue weighted by molar-refractivity contribution is -0.116.